The zero-order valence-electron chi connectivity index (χ0n) is 12.1. The number of hydrogen-bond donors (Lipinski definition) is 1. The molecule has 114 valence electrons. The lowest BCUT2D eigenvalue weighted by Gasteiger charge is -2.07. The van der Waals surface area contributed by atoms with Crippen LogP contribution in [0.1, 0.15) is 34.1 Å². The first kappa shape index (κ1) is 15.7. The lowest BCUT2D eigenvalue weighted by Crippen LogP contribution is -2.13. The lowest BCUT2D eigenvalue weighted by atomic mass is 10.1. The van der Waals surface area contributed by atoms with Gasteiger partial charge >= 0.3 is 5.97 Å². The van der Waals surface area contributed by atoms with E-state index in [1.807, 2.05) is 6.92 Å². The van der Waals surface area contributed by atoms with Crippen LogP contribution >= 0.6 is 0 Å². The summed E-state index contributed by atoms with van der Waals surface area (Å²) in [5, 5.41) is 2.58. The van der Waals surface area contributed by atoms with Crippen LogP contribution < -0.4 is 5.32 Å². The predicted molar refractivity (Wildman–Crippen MR) is 81.4 cm³/mol. The van der Waals surface area contributed by atoms with Crippen molar-refractivity contribution in [2.75, 3.05) is 11.9 Å². The van der Waals surface area contributed by atoms with E-state index in [2.05, 4.69) is 5.32 Å². The minimum atomic E-state index is -0.584. The average molecular weight is 301 g/mol. The Morgan fingerprint density at radius 1 is 1.09 bits per heavy atom. The summed E-state index contributed by atoms with van der Waals surface area (Å²) < 4.78 is 18.5. The quantitative estimate of drug-likeness (QED) is 0.858. The van der Waals surface area contributed by atoms with Gasteiger partial charge in [-0.2, -0.15) is 0 Å². The molecule has 4 nitrogen and oxygen atoms in total. The van der Waals surface area contributed by atoms with Gasteiger partial charge in [0.15, 0.2) is 0 Å². The number of benzene rings is 2. The molecular weight excluding hydrogens is 285 g/mol. The van der Waals surface area contributed by atoms with E-state index in [-0.39, 0.29) is 5.56 Å². The van der Waals surface area contributed by atoms with Crippen LogP contribution in [0.4, 0.5) is 10.1 Å². The first-order valence-electron chi connectivity index (χ1n) is 6.95. The van der Waals surface area contributed by atoms with Gasteiger partial charge in [-0.1, -0.05) is 19.1 Å². The molecule has 1 amide bonds. The molecule has 0 radical (unpaired) electrons. The van der Waals surface area contributed by atoms with E-state index in [9.17, 15) is 14.0 Å². The number of ether oxygens (including phenoxy) is 1. The molecule has 22 heavy (non-hydrogen) atoms. The highest BCUT2D eigenvalue weighted by Crippen LogP contribution is 2.14. The number of carbonyl (C=O) groups is 2. The SMILES string of the molecule is CCCOC(=O)c1ccc(NC(=O)c2ccccc2F)cc1. The van der Waals surface area contributed by atoms with Crippen LogP contribution in [0.2, 0.25) is 0 Å². The van der Waals surface area contributed by atoms with Gasteiger partial charge < -0.3 is 10.1 Å². The van der Waals surface area contributed by atoms with Crippen LogP contribution in [0.5, 0.6) is 0 Å². The van der Waals surface area contributed by atoms with Gasteiger partial charge in [0, 0.05) is 5.69 Å². The van der Waals surface area contributed by atoms with E-state index in [4.69, 9.17) is 4.74 Å². The minimum Gasteiger partial charge on any atom is -0.462 e. The van der Waals surface area contributed by atoms with E-state index in [1.165, 1.54) is 18.2 Å². The first-order valence-corrected chi connectivity index (χ1v) is 6.95. The molecule has 0 fully saturated rings. The maximum absolute atomic E-state index is 13.5. The summed E-state index contributed by atoms with van der Waals surface area (Å²) in [5.41, 5.74) is 0.839. The molecular formula is C17H16FNO3. The third-order valence-corrected chi connectivity index (χ3v) is 2.93. The molecule has 0 spiro atoms. The smallest absolute Gasteiger partial charge is 0.338 e. The van der Waals surface area contributed by atoms with Crippen molar-refractivity contribution in [1.29, 1.82) is 0 Å². The van der Waals surface area contributed by atoms with Crippen LogP contribution in [0.3, 0.4) is 0 Å². The van der Waals surface area contributed by atoms with Gasteiger partial charge in [-0.15, -0.1) is 0 Å². The van der Waals surface area contributed by atoms with Gasteiger partial charge in [0.05, 0.1) is 17.7 Å². The molecule has 2 aromatic carbocycles. The Morgan fingerprint density at radius 3 is 2.41 bits per heavy atom. The third kappa shape index (κ3) is 3.91. The third-order valence-electron chi connectivity index (χ3n) is 2.93. The van der Waals surface area contributed by atoms with E-state index >= 15 is 0 Å². The van der Waals surface area contributed by atoms with Gasteiger partial charge in [0.2, 0.25) is 0 Å². The zero-order chi connectivity index (χ0) is 15.9. The maximum Gasteiger partial charge on any atom is 0.338 e. The number of nitrogens with one attached hydrogen (secondary N) is 1. The van der Waals surface area contributed by atoms with Crippen molar-refractivity contribution in [3.05, 3.63) is 65.5 Å². The summed E-state index contributed by atoms with van der Waals surface area (Å²) in [4.78, 5) is 23.6. The van der Waals surface area contributed by atoms with Crippen LogP contribution in [-0.4, -0.2) is 18.5 Å². The summed E-state index contributed by atoms with van der Waals surface area (Å²) in [6, 6.07) is 12.0. The van der Waals surface area contributed by atoms with Gasteiger partial charge in [-0.25, -0.2) is 9.18 Å². The Morgan fingerprint density at radius 2 is 1.77 bits per heavy atom. The minimum absolute atomic E-state index is 0.0334. The van der Waals surface area contributed by atoms with Crippen LogP contribution in [0.25, 0.3) is 0 Å². The maximum atomic E-state index is 13.5. The summed E-state index contributed by atoms with van der Waals surface area (Å²) in [6.07, 6.45) is 0.753. The fourth-order valence-electron chi connectivity index (χ4n) is 1.81. The number of esters is 1. The number of rotatable bonds is 5. The second-order valence-electron chi connectivity index (χ2n) is 4.65. The Kier molecular flexibility index (Phi) is 5.25. The highest BCUT2D eigenvalue weighted by atomic mass is 19.1. The largest absolute Gasteiger partial charge is 0.462 e. The normalized spacial score (nSPS) is 10.1. The molecule has 0 aliphatic carbocycles. The second kappa shape index (κ2) is 7.36. The summed E-state index contributed by atoms with van der Waals surface area (Å²) in [5.74, 6) is -1.53. The van der Waals surface area contributed by atoms with E-state index in [1.54, 1.807) is 30.3 Å². The van der Waals surface area contributed by atoms with Crippen molar-refractivity contribution in [3.63, 3.8) is 0 Å². The molecule has 2 rings (SSSR count). The van der Waals surface area contributed by atoms with Crippen molar-refractivity contribution in [2.45, 2.75) is 13.3 Å². The number of hydrogen-bond acceptors (Lipinski definition) is 3. The molecule has 0 heterocycles. The Labute approximate surface area is 127 Å². The molecule has 0 saturated carbocycles. The zero-order valence-corrected chi connectivity index (χ0v) is 12.1. The average Bonchev–Trinajstić information content (AvgIpc) is 2.53. The molecule has 0 unspecified atom stereocenters. The fourth-order valence-corrected chi connectivity index (χ4v) is 1.81. The van der Waals surface area contributed by atoms with Crippen molar-refractivity contribution >= 4 is 17.6 Å². The Hall–Kier alpha value is -2.69. The highest BCUT2D eigenvalue weighted by Gasteiger charge is 2.11. The summed E-state index contributed by atoms with van der Waals surface area (Å²) in [7, 11) is 0. The molecule has 0 aliphatic heterocycles. The number of anilines is 1. The number of halogens is 1. The molecule has 0 aromatic heterocycles. The van der Waals surface area contributed by atoms with Gasteiger partial charge in [0.25, 0.3) is 5.91 Å². The van der Waals surface area contributed by atoms with E-state index < -0.39 is 17.7 Å². The second-order valence-corrected chi connectivity index (χ2v) is 4.65. The van der Waals surface area contributed by atoms with E-state index in [0.29, 0.717) is 17.9 Å². The molecule has 0 atom stereocenters. The van der Waals surface area contributed by atoms with Crippen LogP contribution in [0.15, 0.2) is 48.5 Å². The summed E-state index contributed by atoms with van der Waals surface area (Å²) >= 11 is 0. The van der Waals surface area contributed by atoms with Crippen molar-refractivity contribution in [1.82, 2.24) is 0 Å². The van der Waals surface area contributed by atoms with Crippen molar-refractivity contribution in [2.24, 2.45) is 0 Å². The Balaban J connectivity index is 2.04. The molecule has 5 heteroatoms. The summed E-state index contributed by atoms with van der Waals surface area (Å²) in [6.45, 7) is 2.28. The molecule has 0 aliphatic rings. The predicted octanol–water partition coefficient (Wildman–Crippen LogP) is 3.64. The van der Waals surface area contributed by atoms with Gasteiger partial charge in [-0.05, 0) is 42.8 Å². The topological polar surface area (TPSA) is 55.4 Å². The Bertz CT molecular complexity index is 668. The number of carbonyl (C=O) groups excluding carboxylic acids is 2. The van der Waals surface area contributed by atoms with Crippen LogP contribution in [-0.2, 0) is 4.74 Å². The first-order chi connectivity index (χ1) is 10.6. The molecule has 1 N–H and O–H groups in total. The molecule has 0 bridgehead atoms. The lowest BCUT2D eigenvalue weighted by molar-refractivity contribution is 0.0505. The van der Waals surface area contributed by atoms with Crippen molar-refractivity contribution < 1.29 is 18.7 Å². The standard InChI is InChI=1S/C17H16FNO3/c1-2-11-22-17(21)12-7-9-13(10-8-12)19-16(20)14-5-3-4-6-15(14)18/h3-10H,2,11H2,1H3,(H,19,20). The van der Waals surface area contributed by atoms with E-state index in [0.717, 1.165) is 6.42 Å². The van der Waals surface area contributed by atoms with Crippen LogP contribution in [0, 0.1) is 5.82 Å². The fraction of sp³-hybridized carbons (Fsp3) is 0.176. The van der Waals surface area contributed by atoms with Gasteiger partial charge in [0.1, 0.15) is 5.82 Å². The van der Waals surface area contributed by atoms with Crippen molar-refractivity contribution in [3.8, 4) is 0 Å². The monoisotopic (exact) mass is 301 g/mol. The highest BCUT2D eigenvalue weighted by molar-refractivity contribution is 6.04. The number of amides is 1. The molecule has 0 saturated heterocycles. The van der Waals surface area contributed by atoms with Gasteiger partial charge in [-0.3, -0.25) is 4.79 Å². The molecule has 2 aromatic rings.